The molecule has 1 aromatic carbocycles. The van der Waals surface area contributed by atoms with E-state index in [1.807, 2.05) is 0 Å². The molecule has 0 aromatic heterocycles. The number of rotatable bonds is 8. The van der Waals surface area contributed by atoms with Gasteiger partial charge in [-0.15, -0.1) is 0 Å². The normalized spacial score (nSPS) is 14.2. The quantitative estimate of drug-likeness (QED) is 0.451. The molecular formula is C12H17FN4O3S. The number of nitrogens with one attached hydrogen (secondary N) is 1. The molecule has 0 saturated carbocycles. The van der Waals surface area contributed by atoms with Gasteiger partial charge in [0, 0.05) is 18.6 Å². The molecule has 116 valence electrons. The molecule has 2 atom stereocenters. The molecule has 0 fully saturated rings. The summed E-state index contributed by atoms with van der Waals surface area (Å²) in [5, 5.41) is 3.37. The van der Waals surface area contributed by atoms with E-state index in [9.17, 15) is 12.8 Å². The number of halogens is 1. The number of nitrogens with zero attached hydrogens (tertiary/aromatic N) is 3. The highest BCUT2D eigenvalue weighted by Crippen LogP contribution is 2.24. The van der Waals surface area contributed by atoms with Crippen molar-refractivity contribution >= 4 is 10.0 Å². The maximum Gasteiger partial charge on any atom is 0.209 e. The Kier molecular flexibility index (Phi) is 6.57. The molecule has 1 N–H and O–H groups in total. The molecule has 0 saturated heterocycles. The Bertz CT molecular complexity index is 599. The van der Waals surface area contributed by atoms with Crippen LogP contribution in [0.2, 0.25) is 0 Å². The SMILES string of the molecule is CO[C@H](c1ccc(CNS(C)(=O)=O)cc1)[C@@H](CF)N=[N+]=[N-]. The molecule has 0 amide bonds. The van der Waals surface area contributed by atoms with E-state index in [1.165, 1.54) is 7.11 Å². The molecule has 21 heavy (non-hydrogen) atoms. The van der Waals surface area contributed by atoms with Crippen molar-refractivity contribution in [3.63, 3.8) is 0 Å². The van der Waals surface area contributed by atoms with Gasteiger partial charge in [0.1, 0.15) is 6.67 Å². The van der Waals surface area contributed by atoms with Gasteiger partial charge in [0.05, 0.1) is 18.4 Å². The zero-order valence-corrected chi connectivity index (χ0v) is 12.5. The highest BCUT2D eigenvalue weighted by Gasteiger charge is 2.22. The van der Waals surface area contributed by atoms with Gasteiger partial charge in [-0.1, -0.05) is 29.4 Å². The minimum Gasteiger partial charge on any atom is -0.376 e. The average molecular weight is 316 g/mol. The Morgan fingerprint density at radius 2 is 2.05 bits per heavy atom. The van der Waals surface area contributed by atoms with Gasteiger partial charge in [-0.3, -0.25) is 4.39 Å². The summed E-state index contributed by atoms with van der Waals surface area (Å²) in [5.41, 5.74) is 9.82. The van der Waals surface area contributed by atoms with Crippen LogP contribution in [0.15, 0.2) is 29.4 Å². The van der Waals surface area contributed by atoms with Crippen molar-refractivity contribution in [3.8, 4) is 0 Å². The molecule has 0 unspecified atom stereocenters. The standard InChI is InChI=1S/C12H17FN4O3S/c1-20-12(11(7-13)16-17-14)10-5-3-9(4-6-10)8-15-21(2,18)19/h3-6,11-12,15H,7-8H2,1-2H3/t11-,12-/m1/s1. The maximum atomic E-state index is 12.9. The Morgan fingerprint density at radius 3 is 2.48 bits per heavy atom. The third-order valence-electron chi connectivity index (χ3n) is 2.81. The highest BCUT2D eigenvalue weighted by molar-refractivity contribution is 7.88. The molecule has 0 aliphatic carbocycles. The largest absolute Gasteiger partial charge is 0.376 e. The summed E-state index contributed by atoms with van der Waals surface area (Å²) in [6, 6.07) is 5.82. The molecule has 1 rings (SSSR count). The lowest BCUT2D eigenvalue weighted by Crippen LogP contribution is -2.22. The Hall–Kier alpha value is -1.67. The van der Waals surface area contributed by atoms with Crippen LogP contribution in [0.5, 0.6) is 0 Å². The van der Waals surface area contributed by atoms with Crippen LogP contribution in [0.4, 0.5) is 4.39 Å². The van der Waals surface area contributed by atoms with E-state index < -0.39 is 28.8 Å². The van der Waals surface area contributed by atoms with Gasteiger partial charge in [0.15, 0.2) is 0 Å². The number of sulfonamides is 1. The van der Waals surface area contributed by atoms with E-state index in [4.69, 9.17) is 10.3 Å². The predicted molar refractivity (Wildman–Crippen MR) is 76.8 cm³/mol. The summed E-state index contributed by atoms with van der Waals surface area (Å²) in [6.07, 6.45) is 0.386. The van der Waals surface area contributed by atoms with Crippen molar-refractivity contribution in [2.24, 2.45) is 5.11 Å². The lowest BCUT2D eigenvalue weighted by molar-refractivity contribution is 0.0722. The van der Waals surface area contributed by atoms with E-state index in [0.29, 0.717) is 5.56 Å². The van der Waals surface area contributed by atoms with E-state index in [0.717, 1.165) is 11.8 Å². The first kappa shape index (κ1) is 17.4. The minimum atomic E-state index is -3.26. The molecule has 1 aromatic rings. The van der Waals surface area contributed by atoms with Crippen molar-refractivity contribution < 1.29 is 17.5 Å². The van der Waals surface area contributed by atoms with Crippen LogP contribution < -0.4 is 4.72 Å². The summed E-state index contributed by atoms with van der Waals surface area (Å²) in [5.74, 6) is 0. The van der Waals surface area contributed by atoms with E-state index in [-0.39, 0.29) is 6.54 Å². The zero-order valence-electron chi connectivity index (χ0n) is 11.7. The highest BCUT2D eigenvalue weighted by atomic mass is 32.2. The molecule has 7 nitrogen and oxygen atoms in total. The molecule has 0 bridgehead atoms. The van der Waals surface area contributed by atoms with Gasteiger partial charge in [-0.25, -0.2) is 13.1 Å². The summed E-state index contributed by atoms with van der Waals surface area (Å²) in [4.78, 5) is 2.60. The second-order valence-corrected chi connectivity index (χ2v) is 6.25. The van der Waals surface area contributed by atoms with Crippen LogP contribution in [0.1, 0.15) is 17.2 Å². The number of hydrogen-bond donors (Lipinski definition) is 1. The first-order valence-corrected chi connectivity index (χ1v) is 7.97. The molecular weight excluding hydrogens is 299 g/mol. The fourth-order valence-corrected chi connectivity index (χ4v) is 2.22. The van der Waals surface area contributed by atoms with Gasteiger partial charge >= 0.3 is 0 Å². The molecule has 0 spiro atoms. The molecule has 0 aliphatic rings. The third-order valence-corrected chi connectivity index (χ3v) is 3.48. The second-order valence-electron chi connectivity index (χ2n) is 4.42. The summed E-state index contributed by atoms with van der Waals surface area (Å²) >= 11 is 0. The molecule has 0 aliphatic heterocycles. The lowest BCUT2D eigenvalue weighted by atomic mass is 10.0. The molecule has 0 heterocycles. The fraction of sp³-hybridized carbons (Fsp3) is 0.500. The van der Waals surface area contributed by atoms with Crippen LogP contribution in [-0.2, 0) is 21.3 Å². The van der Waals surface area contributed by atoms with Crippen molar-refractivity contribution in [2.45, 2.75) is 18.7 Å². The maximum absolute atomic E-state index is 12.9. The van der Waals surface area contributed by atoms with Gasteiger partial charge in [0.25, 0.3) is 0 Å². The average Bonchev–Trinajstić information content (AvgIpc) is 2.45. The first-order chi connectivity index (χ1) is 9.91. The van der Waals surface area contributed by atoms with Crippen LogP contribution >= 0.6 is 0 Å². The summed E-state index contributed by atoms with van der Waals surface area (Å²) < 4.78 is 42.4. The van der Waals surface area contributed by atoms with Gasteiger partial charge in [-0.2, -0.15) is 0 Å². The second kappa shape index (κ2) is 7.94. The number of ether oxygens (including phenoxy) is 1. The van der Waals surface area contributed by atoms with Crippen molar-refractivity contribution in [3.05, 3.63) is 45.8 Å². The minimum absolute atomic E-state index is 0.166. The number of hydrogen-bond acceptors (Lipinski definition) is 4. The fourth-order valence-electron chi connectivity index (χ4n) is 1.79. The van der Waals surface area contributed by atoms with Crippen LogP contribution in [0, 0.1) is 0 Å². The molecule has 0 radical (unpaired) electrons. The van der Waals surface area contributed by atoms with E-state index in [2.05, 4.69) is 14.7 Å². The smallest absolute Gasteiger partial charge is 0.209 e. The van der Waals surface area contributed by atoms with Gasteiger partial charge < -0.3 is 4.74 Å². The Morgan fingerprint density at radius 1 is 1.43 bits per heavy atom. The Labute approximate surface area is 122 Å². The lowest BCUT2D eigenvalue weighted by Gasteiger charge is -2.20. The Balaban J connectivity index is 2.86. The topological polar surface area (TPSA) is 104 Å². The van der Waals surface area contributed by atoms with Gasteiger partial charge in [0.2, 0.25) is 10.0 Å². The monoisotopic (exact) mass is 316 g/mol. The van der Waals surface area contributed by atoms with Crippen molar-refractivity contribution in [1.29, 1.82) is 0 Å². The number of alkyl halides is 1. The third kappa shape index (κ3) is 5.68. The molecule has 9 heteroatoms. The number of azide groups is 1. The van der Waals surface area contributed by atoms with Crippen LogP contribution in [0.3, 0.4) is 0 Å². The van der Waals surface area contributed by atoms with Crippen LogP contribution in [-0.4, -0.2) is 34.5 Å². The van der Waals surface area contributed by atoms with Crippen molar-refractivity contribution in [1.82, 2.24) is 4.72 Å². The first-order valence-electron chi connectivity index (χ1n) is 6.07. The summed E-state index contributed by atoms with van der Waals surface area (Å²) in [7, 11) is -1.86. The number of methoxy groups -OCH3 is 1. The predicted octanol–water partition coefficient (Wildman–Crippen LogP) is 2.07. The van der Waals surface area contributed by atoms with E-state index >= 15 is 0 Å². The van der Waals surface area contributed by atoms with Gasteiger partial charge in [-0.05, 0) is 16.7 Å². The summed E-state index contributed by atoms with van der Waals surface area (Å²) in [6.45, 7) is -0.667. The van der Waals surface area contributed by atoms with Crippen LogP contribution in [0.25, 0.3) is 10.4 Å². The zero-order chi connectivity index (χ0) is 15.9. The van der Waals surface area contributed by atoms with Crippen molar-refractivity contribution in [2.75, 3.05) is 20.0 Å². The number of benzene rings is 1. The van der Waals surface area contributed by atoms with E-state index in [1.54, 1.807) is 24.3 Å².